The van der Waals surface area contributed by atoms with Gasteiger partial charge in [0.25, 0.3) is 0 Å². The van der Waals surface area contributed by atoms with Gasteiger partial charge in [-0.1, -0.05) is 0 Å². The van der Waals surface area contributed by atoms with Gasteiger partial charge in [-0.15, -0.1) is 4.91 Å². The Morgan fingerprint density at radius 1 is 1.40 bits per heavy atom. The first-order valence-corrected chi connectivity index (χ1v) is 3.03. The molecule has 0 bridgehead atoms. The van der Waals surface area contributed by atoms with Crippen LogP contribution in [0.1, 0.15) is 27.7 Å². The topological polar surface area (TPSA) is 49.7 Å². The van der Waals surface area contributed by atoms with Crippen LogP contribution in [0, 0.1) is 4.91 Å². The maximum absolute atomic E-state index is 10.7. The second kappa shape index (κ2) is 2.77. The molecule has 0 aromatic heterocycles. The summed E-state index contributed by atoms with van der Waals surface area (Å²) >= 11 is 0. The standard InChI is InChI=1S/C6H12N2O2/c1-5(9)8(7-10)6(2,3)4/h1-4H3. The average Bonchev–Trinajstić information content (AvgIpc) is 1.60. The highest BCUT2D eigenvalue weighted by molar-refractivity contribution is 5.73. The van der Waals surface area contributed by atoms with Crippen molar-refractivity contribution in [1.29, 1.82) is 0 Å². The summed E-state index contributed by atoms with van der Waals surface area (Å²) in [4.78, 5) is 20.7. The Kier molecular flexibility index (Phi) is 2.51. The molecule has 0 saturated carbocycles. The van der Waals surface area contributed by atoms with E-state index in [4.69, 9.17) is 0 Å². The predicted molar refractivity (Wildman–Crippen MR) is 38.1 cm³/mol. The van der Waals surface area contributed by atoms with Gasteiger partial charge < -0.3 is 0 Å². The van der Waals surface area contributed by atoms with E-state index in [1.54, 1.807) is 20.8 Å². The van der Waals surface area contributed by atoms with E-state index in [9.17, 15) is 9.70 Å². The fourth-order valence-electron chi connectivity index (χ4n) is 0.652. The van der Waals surface area contributed by atoms with E-state index in [0.29, 0.717) is 0 Å². The van der Waals surface area contributed by atoms with Crippen molar-refractivity contribution in [3.05, 3.63) is 4.91 Å². The first-order chi connectivity index (χ1) is 4.39. The Hall–Kier alpha value is -0.930. The van der Waals surface area contributed by atoms with Crippen LogP contribution in [0.2, 0.25) is 0 Å². The number of amides is 1. The van der Waals surface area contributed by atoms with Crippen molar-refractivity contribution < 1.29 is 4.79 Å². The second-order valence-corrected chi connectivity index (χ2v) is 3.08. The van der Waals surface area contributed by atoms with Crippen LogP contribution in [0.15, 0.2) is 5.29 Å². The summed E-state index contributed by atoms with van der Waals surface area (Å²) in [7, 11) is 0. The summed E-state index contributed by atoms with van der Waals surface area (Å²) in [5, 5.41) is 3.50. The highest BCUT2D eigenvalue weighted by Crippen LogP contribution is 2.12. The van der Waals surface area contributed by atoms with Crippen molar-refractivity contribution in [3.63, 3.8) is 0 Å². The van der Waals surface area contributed by atoms with Gasteiger partial charge in [0.15, 0.2) is 0 Å². The maximum Gasteiger partial charge on any atom is 0.242 e. The molecule has 0 spiro atoms. The molecule has 0 rings (SSSR count). The zero-order chi connectivity index (χ0) is 8.36. The van der Waals surface area contributed by atoms with Crippen LogP contribution in [-0.2, 0) is 4.79 Å². The molecule has 0 heterocycles. The van der Waals surface area contributed by atoms with Crippen LogP contribution in [0.4, 0.5) is 0 Å². The monoisotopic (exact) mass is 144 g/mol. The molecule has 0 radical (unpaired) electrons. The van der Waals surface area contributed by atoms with Gasteiger partial charge in [-0.25, -0.2) is 0 Å². The number of hydrogen-bond acceptors (Lipinski definition) is 3. The molecule has 0 aromatic rings. The zero-order valence-corrected chi connectivity index (χ0v) is 6.71. The van der Waals surface area contributed by atoms with Crippen molar-refractivity contribution in [2.24, 2.45) is 5.29 Å². The van der Waals surface area contributed by atoms with Gasteiger partial charge in [-0.3, -0.25) is 4.79 Å². The van der Waals surface area contributed by atoms with E-state index in [1.165, 1.54) is 6.92 Å². The Morgan fingerprint density at radius 2 is 1.80 bits per heavy atom. The zero-order valence-electron chi connectivity index (χ0n) is 6.71. The normalized spacial score (nSPS) is 10.8. The fourth-order valence-corrected chi connectivity index (χ4v) is 0.652. The molecule has 0 unspecified atom stereocenters. The minimum atomic E-state index is -0.506. The third-order valence-corrected chi connectivity index (χ3v) is 1.02. The SMILES string of the molecule is CC(=O)N(N=O)C(C)(C)C. The summed E-state index contributed by atoms with van der Waals surface area (Å²) in [6, 6.07) is 0. The Morgan fingerprint density at radius 3 is 1.80 bits per heavy atom. The number of carbonyl (C=O) groups excluding carboxylic acids is 1. The predicted octanol–water partition coefficient (Wildman–Crippen LogP) is 1.31. The third kappa shape index (κ3) is 2.13. The Balaban J connectivity index is 4.36. The fraction of sp³-hybridized carbons (Fsp3) is 0.833. The quantitative estimate of drug-likeness (QED) is 0.411. The number of hydrogen-bond donors (Lipinski definition) is 0. The molecule has 0 aliphatic heterocycles. The Labute approximate surface area is 60.2 Å². The smallest absolute Gasteiger partial charge is 0.242 e. The molecule has 0 aromatic carbocycles. The molecule has 0 atom stereocenters. The first-order valence-electron chi connectivity index (χ1n) is 3.03. The van der Waals surface area contributed by atoms with Gasteiger partial charge in [0, 0.05) is 6.92 Å². The number of rotatable bonds is 1. The van der Waals surface area contributed by atoms with Crippen LogP contribution in [0.5, 0.6) is 0 Å². The molecule has 0 aliphatic rings. The Bertz CT molecular complexity index is 148. The van der Waals surface area contributed by atoms with Crippen LogP contribution in [0.25, 0.3) is 0 Å². The highest BCUT2D eigenvalue weighted by atomic mass is 16.3. The molecule has 10 heavy (non-hydrogen) atoms. The highest BCUT2D eigenvalue weighted by Gasteiger charge is 2.24. The first kappa shape index (κ1) is 9.07. The van der Waals surface area contributed by atoms with Gasteiger partial charge in [0.2, 0.25) is 5.91 Å². The molecule has 58 valence electrons. The lowest BCUT2D eigenvalue weighted by molar-refractivity contribution is -0.133. The van der Waals surface area contributed by atoms with E-state index >= 15 is 0 Å². The van der Waals surface area contributed by atoms with E-state index in [-0.39, 0.29) is 5.91 Å². The van der Waals surface area contributed by atoms with Crippen LogP contribution >= 0.6 is 0 Å². The summed E-state index contributed by atoms with van der Waals surface area (Å²) < 4.78 is 0. The van der Waals surface area contributed by atoms with Gasteiger partial charge in [0.05, 0.1) is 10.8 Å². The van der Waals surface area contributed by atoms with Gasteiger partial charge in [0.1, 0.15) is 0 Å². The van der Waals surface area contributed by atoms with Crippen molar-refractivity contribution >= 4 is 5.91 Å². The molecule has 0 saturated heterocycles. The van der Waals surface area contributed by atoms with Gasteiger partial charge in [-0.2, -0.15) is 5.01 Å². The molecule has 4 heteroatoms. The molecule has 0 fully saturated rings. The molecular weight excluding hydrogens is 132 g/mol. The largest absolute Gasteiger partial charge is 0.273 e. The van der Waals surface area contributed by atoms with E-state index in [0.717, 1.165) is 5.01 Å². The van der Waals surface area contributed by atoms with Crippen molar-refractivity contribution in [1.82, 2.24) is 5.01 Å². The third-order valence-electron chi connectivity index (χ3n) is 1.02. The summed E-state index contributed by atoms with van der Waals surface area (Å²) in [5.41, 5.74) is -0.506. The van der Waals surface area contributed by atoms with Crippen LogP contribution < -0.4 is 0 Å². The second-order valence-electron chi connectivity index (χ2n) is 3.08. The summed E-state index contributed by atoms with van der Waals surface area (Å²) in [6.07, 6.45) is 0. The molecule has 1 amide bonds. The minimum Gasteiger partial charge on any atom is -0.273 e. The number of carbonyl (C=O) groups is 1. The lowest BCUT2D eigenvalue weighted by atomic mass is 10.1. The van der Waals surface area contributed by atoms with E-state index < -0.39 is 5.54 Å². The van der Waals surface area contributed by atoms with Gasteiger partial charge in [-0.05, 0) is 20.8 Å². The van der Waals surface area contributed by atoms with E-state index in [1.807, 2.05) is 0 Å². The summed E-state index contributed by atoms with van der Waals surface area (Å²) in [6.45, 7) is 6.55. The average molecular weight is 144 g/mol. The van der Waals surface area contributed by atoms with Crippen LogP contribution in [-0.4, -0.2) is 16.5 Å². The molecule has 4 nitrogen and oxygen atoms in total. The number of nitroso groups, excluding NO2 is 1. The lowest BCUT2D eigenvalue weighted by Gasteiger charge is -2.26. The minimum absolute atomic E-state index is 0.331. The van der Waals surface area contributed by atoms with E-state index in [2.05, 4.69) is 5.29 Å². The van der Waals surface area contributed by atoms with Gasteiger partial charge >= 0.3 is 0 Å². The molecular formula is C6H12N2O2. The molecule has 0 N–H and O–H groups in total. The molecule has 0 aliphatic carbocycles. The maximum atomic E-state index is 10.7. The van der Waals surface area contributed by atoms with Crippen molar-refractivity contribution in [2.75, 3.05) is 0 Å². The van der Waals surface area contributed by atoms with Crippen molar-refractivity contribution in [3.8, 4) is 0 Å². The number of nitrogens with zero attached hydrogens (tertiary/aromatic N) is 2. The van der Waals surface area contributed by atoms with Crippen molar-refractivity contribution in [2.45, 2.75) is 33.2 Å². The summed E-state index contributed by atoms with van der Waals surface area (Å²) in [5.74, 6) is -0.331. The van der Waals surface area contributed by atoms with Crippen LogP contribution in [0.3, 0.4) is 0 Å². The lowest BCUT2D eigenvalue weighted by Crippen LogP contribution is -2.39.